The van der Waals surface area contributed by atoms with Crippen molar-refractivity contribution >= 4 is 55.6 Å². The van der Waals surface area contributed by atoms with Crippen LogP contribution in [0.25, 0.3) is 0 Å². The van der Waals surface area contributed by atoms with E-state index < -0.39 is 53.6 Å². The highest BCUT2D eigenvalue weighted by molar-refractivity contribution is 7.93. The Kier molecular flexibility index (Phi) is 6.88. The molecule has 0 radical (unpaired) electrons. The van der Waals surface area contributed by atoms with E-state index in [1.807, 2.05) is 4.72 Å². The van der Waals surface area contributed by atoms with Gasteiger partial charge in [-0.1, -0.05) is 23.2 Å². The second kappa shape index (κ2) is 8.50. The van der Waals surface area contributed by atoms with Crippen molar-refractivity contribution in [2.45, 2.75) is 28.1 Å². The van der Waals surface area contributed by atoms with Gasteiger partial charge in [0.05, 0.1) is 36.9 Å². The molecule has 0 fully saturated rings. The first-order chi connectivity index (χ1) is 13.2. The van der Waals surface area contributed by atoms with Crippen LogP contribution in [0.2, 0.25) is 10.0 Å². The second-order valence-corrected chi connectivity index (χ2v) is 10.00. The van der Waals surface area contributed by atoms with Gasteiger partial charge >= 0.3 is 6.18 Å². The molecule has 2 aromatic carbocycles. The van der Waals surface area contributed by atoms with Crippen LogP contribution in [0.4, 0.5) is 18.9 Å². The maximum atomic E-state index is 13.0. The molecule has 0 saturated carbocycles. The van der Waals surface area contributed by atoms with Crippen LogP contribution in [0, 0.1) is 0 Å². The smallest absolute Gasteiger partial charge is 0.369 e. The van der Waals surface area contributed by atoms with Crippen LogP contribution in [0.5, 0.6) is 0 Å². The average molecular weight is 489 g/mol. The summed E-state index contributed by atoms with van der Waals surface area (Å²) in [6, 6.07) is 5.69. The minimum absolute atomic E-state index is 0.0577. The summed E-state index contributed by atoms with van der Waals surface area (Å²) in [5, 5.41) is -1.77. The summed E-state index contributed by atoms with van der Waals surface area (Å²) in [6.45, 7) is 1.28. The molecule has 0 aliphatic carbocycles. The third-order valence-corrected chi connectivity index (χ3v) is 7.27. The van der Waals surface area contributed by atoms with Crippen molar-refractivity contribution in [1.29, 1.82) is 0 Å². The molecule has 0 saturated heterocycles. The summed E-state index contributed by atoms with van der Waals surface area (Å²) < 4.78 is 78.9. The van der Waals surface area contributed by atoms with Gasteiger partial charge in [0.25, 0.3) is 10.0 Å². The average Bonchev–Trinajstić information content (AvgIpc) is 2.59. The number of alkyl halides is 3. The topological polar surface area (TPSA) is 106 Å². The fourth-order valence-electron chi connectivity index (χ4n) is 2.15. The molecule has 0 heterocycles. The van der Waals surface area contributed by atoms with Crippen molar-refractivity contribution in [2.24, 2.45) is 5.73 Å². The predicted molar refractivity (Wildman–Crippen MR) is 104 cm³/mol. The number of anilines is 1. The number of halogens is 5. The van der Waals surface area contributed by atoms with Crippen LogP contribution in [0.15, 0.2) is 46.2 Å². The minimum atomic E-state index is -4.87. The van der Waals surface area contributed by atoms with Crippen LogP contribution in [-0.2, 0) is 31.8 Å². The number of amides is 1. The third kappa shape index (κ3) is 5.41. The van der Waals surface area contributed by atoms with E-state index in [1.54, 1.807) is 0 Å². The normalized spacial score (nSPS) is 14.3. The minimum Gasteiger partial charge on any atom is -0.369 e. The largest absolute Gasteiger partial charge is 0.417 e. The first-order valence-electron chi connectivity index (χ1n) is 7.63. The molecule has 158 valence electrons. The molecule has 2 atom stereocenters. The Morgan fingerprint density at radius 1 is 1.17 bits per heavy atom. The Hall–Kier alpha value is -1.82. The molecule has 2 rings (SSSR count). The predicted octanol–water partition coefficient (Wildman–Crippen LogP) is 3.79. The number of hydrogen-bond donors (Lipinski definition) is 2. The summed E-state index contributed by atoms with van der Waals surface area (Å²) in [7, 11) is -6.60. The Morgan fingerprint density at radius 3 is 2.34 bits per heavy atom. The van der Waals surface area contributed by atoms with E-state index in [0.29, 0.717) is 6.07 Å². The fourth-order valence-corrected chi connectivity index (χ4v) is 4.82. The van der Waals surface area contributed by atoms with E-state index in [1.165, 1.54) is 19.1 Å². The van der Waals surface area contributed by atoms with Gasteiger partial charge in [0, 0.05) is 5.02 Å². The lowest BCUT2D eigenvalue weighted by atomic mass is 10.2. The number of nitrogens with two attached hydrogens (primary N) is 1. The van der Waals surface area contributed by atoms with Crippen molar-refractivity contribution in [1.82, 2.24) is 0 Å². The standard InChI is InChI=1S/C16H13Cl2F3N2O4S2/c1-8(15(22)24)28(25)14-5-2-9(17)6-13(14)23-29(26,27)10-3-4-12(18)11(7-10)16(19,20)21/h2-8,23H,1H3,(H2,22,24). The van der Waals surface area contributed by atoms with E-state index in [2.05, 4.69) is 0 Å². The third-order valence-electron chi connectivity index (χ3n) is 3.68. The summed E-state index contributed by atoms with van der Waals surface area (Å²) >= 11 is 11.4. The second-order valence-electron chi connectivity index (χ2n) is 5.73. The number of carbonyl (C=O) groups excluding carboxylic acids is 1. The van der Waals surface area contributed by atoms with Crippen molar-refractivity contribution < 1.29 is 30.6 Å². The van der Waals surface area contributed by atoms with Gasteiger partial charge in [-0.3, -0.25) is 13.7 Å². The Morgan fingerprint density at radius 2 is 1.79 bits per heavy atom. The number of hydrogen-bond acceptors (Lipinski definition) is 4. The van der Waals surface area contributed by atoms with Gasteiger partial charge in [0.2, 0.25) is 5.91 Å². The Bertz CT molecular complexity index is 1090. The Labute approximate surface area is 176 Å². The molecule has 2 aromatic rings. The quantitative estimate of drug-likeness (QED) is 0.644. The van der Waals surface area contributed by atoms with Crippen LogP contribution in [0.3, 0.4) is 0 Å². The molecule has 0 aliphatic rings. The van der Waals surface area contributed by atoms with Gasteiger partial charge in [-0.25, -0.2) is 8.42 Å². The van der Waals surface area contributed by atoms with Crippen LogP contribution < -0.4 is 10.5 Å². The summed E-state index contributed by atoms with van der Waals surface area (Å²) in [5.74, 6) is -0.889. The first kappa shape index (κ1) is 23.5. The number of sulfonamides is 1. The summed E-state index contributed by atoms with van der Waals surface area (Å²) in [5.41, 5.74) is 3.52. The number of primary amides is 1. The molecule has 0 aromatic heterocycles. The van der Waals surface area contributed by atoms with Gasteiger partial charge in [-0.05, 0) is 43.3 Å². The zero-order valence-electron chi connectivity index (χ0n) is 14.5. The molecular weight excluding hydrogens is 476 g/mol. The number of nitrogens with one attached hydrogen (secondary N) is 1. The first-order valence-corrected chi connectivity index (χ1v) is 11.1. The molecule has 3 N–H and O–H groups in total. The molecule has 6 nitrogen and oxygen atoms in total. The molecule has 1 amide bonds. The lowest BCUT2D eigenvalue weighted by Crippen LogP contribution is -2.30. The van der Waals surface area contributed by atoms with Crippen LogP contribution in [-0.4, -0.2) is 23.8 Å². The maximum Gasteiger partial charge on any atom is 0.417 e. The molecule has 13 heteroatoms. The lowest BCUT2D eigenvalue weighted by Gasteiger charge is -2.16. The SMILES string of the molecule is CC(C(N)=O)S(=O)c1ccc(Cl)cc1NS(=O)(=O)c1ccc(Cl)c(C(F)(F)F)c1. The number of rotatable bonds is 6. The van der Waals surface area contributed by atoms with Crippen LogP contribution >= 0.6 is 23.2 Å². The van der Waals surface area contributed by atoms with E-state index in [0.717, 1.165) is 18.2 Å². The Balaban J connectivity index is 2.52. The number of benzene rings is 2. The monoisotopic (exact) mass is 488 g/mol. The van der Waals surface area contributed by atoms with E-state index in [9.17, 15) is 30.6 Å². The molecule has 2 unspecified atom stereocenters. The zero-order valence-corrected chi connectivity index (χ0v) is 17.6. The molecule has 0 aliphatic heterocycles. The van der Waals surface area contributed by atoms with E-state index >= 15 is 0 Å². The van der Waals surface area contributed by atoms with Gasteiger partial charge < -0.3 is 5.73 Å². The summed E-state index contributed by atoms with van der Waals surface area (Å²) in [6.07, 6.45) is -4.87. The van der Waals surface area contributed by atoms with Gasteiger partial charge in [0.1, 0.15) is 5.25 Å². The molecule has 0 spiro atoms. The molecule has 29 heavy (non-hydrogen) atoms. The van der Waals surface area contributed by atoms with E-state index in [4.69, 9.17) is 28.9 Å². The van der Waals surface area contributed by atoms with Crippen molar-refractivity contribution in [3.05, 3.63) is 52.0 Å². The van der Waals surface area contributed by atoms with Gasteiger partial charge in [-0.2, -0.15) is 13.2 Å². The highest BCUT2D eigenvalue weighted by Gasteiger charge is 2.34. The number of carbonyl (C=O) groups is 1. The zero-order chi connectivity index (χ0) is 22.1. The van der Waals surface area contributed by atoms with Crippen molar-refractivity contribution in [3.63, 3.8) is 0 Å². The van der Waals surface area contributed by atoms with Crippen molar-refractivity contribution in [3.8, 4) is 0 Å². The highest BCUT2D eigenvalue weighted by Crippen LogP contribution is 2.36. The lowest BCUT2D eigenvalue weighted by molar-refractivity contribution is -0.137. The maximum absolute atomic E-state index is 13.0. The molecular formula is C16H13Cl2F3N2O4S2. The van der Waals surface area contributed by atoms with Gasteiger partial charge in [-0.15, -0.1) is 0 Å². The highest BCUT2D eigenvalue weighted by atomic mass is 35.5. The van der Waals surface area contributed by atoms with Crippen LogP contribution in [0.1, 0.15) is 12.5 Å². The summed E-state index contributed by atoms with van der Waals surface area (Å²) in [4.78, 5) is 10.5. The fraction of sp³-hybridized carbons (Fsp3) is 0.188. The van der Waals surface area contributed by atoms with Gasteiger partial charge in [0.15, 0.2) is 0 Å². The van der Waals surface area contributed by atoms with E-state index in [-0.39, 0.29) is 15.6 Å². The van der Waals surface area contributed by atoms with Crippen molar-refractivity contribution in [2.75, 3.05) is 4.72 Å². The molecule has 0 bridgehead atoms.